The molecule has 0 atom stereocenters. The predicted octanol–water partition coefficient (Wildman–Crippen LogP) is 2.41. The maximum absolute atomic E-state index is 9.25. The average Bonchev–Trinajstić information content (AvgIpc) is 2.15. The van der Waals surface area contributed by atoms with Gasteiger partial charge in [-0.25, -0.2) is 0 Å². The first-order chi connectivity index (χ1) is 7.63. The van der Waals surface area contributed by atoms with E-state index in [9.17, 15) is 5.11 Å². The SMILES string of the molecule is OCC1(CNc2cc(Cl)cc(Cl)c2)COC1. The molecule has 1 saturated heterocycles. The van der Waals surface area contributed by atoms with Crippen LogP contribution in [0.1, 0.15) is 0 Å². The summed E-state index contributed by atoms with van der Waals surface area (Å²) < 4.78 is 5.11. The zero-order chi connectivity index (χ0) is 11.6. The van der Waals surface area contributed by atoms with Crippen LogP contribution in [-0.4, -0.2) is 31.5 Å². The summed E-state index contributed by atoms with van der Waals surface area (Å²) in [6.45, 7) is 1.95. The first kappa shape index (κ1) is 12.0. The van der Waals surface area contributed by atoms with Gasteiger partial charge in [0.05, 0.1) is 25.2 Å². The van der Waals surface area contributed by atoms with Gasteiger partial charge < -0.3 is 15.2 Å². The normalized spacial score (nSPS) is 17.9. The van der Waals surface area contributed by atoms with E-state index in [0.717, 1.165) is 5.69 Å². The lowest BCUT2D eigenvalue weighted by Crippen LogP contribution is -2.50. The van der Waals surface area contributed by atoms with Crippen LogP contribution in [-0.2, 0) is 4.74 Å². The lowest BCUT2D eigenvalue weighted by Gasteiger charge is -2.40. The molecule has 0 bridgehead atoms. The van der Waals surface area contributed by atoms with Gasteiger partial charge in [0.25, 0.3) is 0 Å². The molecule has 1 aromatic rings. The lowest BCUT2D eigenvalue weighted by molar-refractivity contribution is -0.128. The summed E-state index contributed by atoms with van der Waals surface area (Å²) in [6.07, 6.45) is 0. The molecule has 0 amide bonds. The number of rotatable bonds is 4. The minimum Gasteiger partial charge on any atom is -0.396 e. The van der Waals surface area contributed by atoms with E-state index in [1.54, 1.807) is 18.2 Å². The van der Waals surface area contributed by atoms with Crippen LogP contribution in [0.3, 0.4) is 0 Å². The Morgan fingerprint density at radius 2 is 1.88 bits per heavy atom. The zero-order valence-electron chi connectivity index (χ0n) is 8.67. The number of benzene rings is 1. The van der Waals surface area contributed by atoms with Crippen molar-refractivity contribution in [3.8, 4) is 0 Å². The summed E-state index contributed by atoms with van der Waals surface area (Å²) in [4.78, 5) is 0. The van der Waals surface area contributed by atoms with Gasteiger partial charge in [-0.3, -0.25) is 0 Å². The van der Waals surface area contributed by atoms with Crippen molar-refractivity contribution in [3.05, 3.63) is 28.2 Å². The second kappa shape index (κ2) is 4.80. The Labute approximate surface area is 104 Å². The molecule has 0 unspecified atom stereocenters. The molecule has 1 aromatic carbocycles. The van der Waals surface area contributed by atoms with Crippen LogP contribution in [0.4, 0.5) is 5.69 Å². The Hall–Kier alpha value is -0.480. The second-order valence-corrected chi connectivity index (χ2v) is 5.04. The number of nitrogens with one attached hydrogen (secondary N) is 1. The first-order valence-corrected chi connectivity index (χ1v) is 5.78. The Morgan fingerprint density at radius 1 is 1.25 bits per heavy atom. The van der Waals surface area contributed by atoms with Crippen LogP contribution in [0, 0.1) is 5.41 Å². The number of hydrogen-bond acceptors (Lipinski definition) is 3. The highest BCUT2D eigenvalue weighted by atomic mass is 35.5. The fourth-order valence-corrected chi connectivity index (χ4v) is 2.11. The summed E-state index contributed by atoms with van der Waals surface area (Å²) in [7, 11) is 0. The third-order valence-electron chi connectivity index (χ3n) is 2.68. The van der Waals surface area contributed by atoms with Gasteiger partial charge in [0.2, 0.25) is 0 Å². The van der Waals surface area contributed by atoms with Gasteiger partial charge in [-0.05, 0) is 18.2 Å². The lowest BCUT2D eigenvalue weighted by atomic mass is 9.87. The Kier molecular flexibility index (Phi) is 3.60. The van der Waals surface area contributed by atoms with E-state index in [1.165, 1.54) is 0 Å². The van der Waals surface area contributed by atoms with E-state index in [2.05, 4.69) is 5.32 Å². The highest BCUT2D eigenvalue weighted by Gasteiger charge is 2.37. The second-order valence-electron chi connectivity index (χ2n) is 4.16. The summed E-state index contributed by atoms with van der Waals surface area (Å²) in [5.74, 6) is 0. The maximum atomic E-state index is 9.25. The van der Waals surface area contributed by atoms with Gasteiger partial charge in [-0.15, -0.1) is 0 Å². The number of aliphatic hydroxyl groups is 1. The predicted molar refractivity (Wildman–Crippen MR) is 65.3 cm³/mol. The topological polar surface area (TPSA) is 41.5 Å². The number of anilines is 1. The summed E-state index contributed by atoms with van der Waals surface area (Å²) in [5.41, 5.74) is 0.701. The zero-order valence-corrected chi connectivity index (χ0v) is 10.2. The Morgan fingerprint density at radius 3 is 2.31 bits per heavy atom. The molecule has 2 N–H and O–H groups in total. The van der Waals surface area contributed by atoms with Crippen molar-refractivity contribution in [3.63, 3.8) is 0 Å². The van der Waals surface area contributed by atoms with E-state index in [4.69, 9.17) is 27.9 Å². The van der Waals surface area contributed by atoms with Gasteiger partial charge in [-0.2, -0.15) is 0 Å². The molecule has 0 spiro atoms. The number of hydrogen-bond donors (Lipinski definition) is 2. The van der Waals surface area contributed by atoms with Crippen LogP contribution in [0.5, 0.6) is 0 Å². The summed E-state index contributed by atoms with van der Waals surface area (Å²) in [6, 6.07) is 5.29. The van der Waals surface area contributed by atoms with Crippen molar-refractivity contribution in [2.75, 3.05) is 31.7 Å². The first-order valence-electron chi connectivity index (χ1n) is 5.02. The van der Waals surface area contributed by atoms with Crippen molar-refractivity contribution in [1.82, 2.24) is 0 Å². The minimum atomic E-state index is -0.158. The molecule has 1 heterocycles. The third-order valence-corrected chi connectivity index (χ3v) is 3.12. The van der Waals surface area contributed by atoms with Crippen LogP contribution in [0.25, 0.3) is 0 Å². The summed E-state index contributed by atoms with van der Waals surface area (Å²) >= 11 is 11.8. The molecular formula is C11H13Cl2NO2. The standard InChI is InChI=1S/C11H13Cl2NO2/c12-8-1-9(13)3-10(2-8)14-4-11(5-15)6-16-7-11/h1-3,14-15H,4-7H2. The molecule has 2 rings (SSSR count). The minimum absolute atomic E-state index is 0.119. The number of ether oxygens (including phenoxy) is 1. The van der Waals surface area contributed by atoms with Crippen molar-refractivity contribution in [2.45, 2.75) is 0 Å². The van der Waals surface area contributed by atoms with Crippen LogP contribution in [0.2, 0.25) is 10.0 Å². The fraction of sp³-hybridized carbons (Fsp3) is 0.455. The van der Waals surface area contributed by atoms with Crippen molar-refractivity contribution in [2.24, 2.45) is 5.41 Å². The molecule has 1 aliphatic heterocycles. The Bertz CT molecular complexity index is 354. The molecule has 0 saturated carbocycles. The van der Waals surface area contributed by atoms with Crippen molar-refractivity contribution < 1.29 is 9.84 Å². The van der Waals surface area contributed by atoms with Crippen LogP contribution in [0.15, 0.2) is 18.2 Å². The number of halogens is 2. The van der Waals surface area contributed by atoms with Gasteiger partial charge >= 0.3 is 0 Å². The smallest absolute Gasteiger partial charge is 0.0584 e. The van der Waals surface area contributed by atoms with Crippen LogP contribution >= 0.6 is 23.2 Å². The summed E-state index contributed by atoms with van der Waals surface area (Å²) in [5, 5.41) is 13.7. The molecule has 5 heteroatoms. The van der Waals surface area contributed by atoms with Crippen molar-refractivity contribution >= 4 is 28.9 Å². The number of aliphatic hydroxyl groups excluding tert-OH is 1. The van der Waals surface area contributed by atoms with E-state index in [-0.39, 0.29) is 12.0 Å². The van der Waals surface area contributed by atoms with Crippen molar-refractivity contribution in [1.29, 1.82) is 0 Å². The van der Waals surface area contributed by atoms with Gasteiger partial charge in [0, 0.05) is 22.3 Å². The molecule has 16 heavy (non-hydrogen) atoms. The molecule has 3 nitrogen and oxygen atoms in total. The molecule has 1 fully saturated rings. The molecule has 0 aromatic heterocycles. The van der Waals surface area contributed by atoms with Gasteiger partial charge in [-0.1, -0.05) is 23.2 Å². The highest BCUT2D eigenvalue weighted by Crippen LogP contribution is 2.28. The maximum Gasteiger partial charge on any atom is 0.0584 e. The van der Waals surface area contributed by atoms with Gasteiger partial charge in [0.1, 0.15) is 0 Å². The van der Waals surface area contributed by atoms with Gasteiger partial charge in [0.15, 0.2) is 0 Å². The molecule has 1 aliphatic rings. The molecule has 0 radical (unpaired) electrons. The van der Waals surface area contributed by atoms with E-state index < -0.39 is 0 Å². The monoisotopic (exact) mass is 261 g/mol. The largest absolute Gasteiger partial charge is 0.396 e. The van der Waals surface area contributed by atoms with E-state index in [1.807, 2.05) is 0 Å². The third kappa shape index (κ3) is 2.61. The average molecular weight is 262 g/mol. The molecule has 88 valence electrons. The fourth-order valence-electron chi connectivity index (χ4n) is 1.59. The molecule has 0 aliphatic carbocycles. The Balaban J connectivity index is 1.98. The van der Waals surface area contributed by atoms with E-state index >= 15 is 0 Å². The highest BCUT2D eigenvalue weighted by molar-refractivity contribution is 6.35. The molecular weight excluding hydrogens is 249 g/mol. The van der Waals surface area contributed by atoms with Crippen LogP contribution < -0.4 is 5.32 Å². The quantitative estimate of drug-likeness (QED) is 0.875. The van der Waals surface area contributed by atoms with E-state index in [0.29, 0.717) is 29.8 Å².